The minimum atomic E-state index is -0.453. The van der Waals surface area contributed by atoms with E-state index in [1.165, 1.54) is 6.20 Å². The van der Waals surface area contributed by atoms with Gasteiger partial charge in [0.05, 0.1) is 6.61 Å². The predicted molar refractivity (Wildman–Crippen MR) is 38.0 cm³/mol. The fraction of sp³-hybridized carbons (Fsp3) is 0.500. The van der Waals surface area contributed by atoms with Crippen LogP contribution in [0.5, 0.6) is 0 Å². The summed E-state index contributed by atoms with van der Waals surface area (Å²) in [5, 5.41) is 11.0. The van der Waals surface area contributed by atoms with Crippen molar-refractivity contribution in [2.45, 2.75) is 6.92 Å². The van der Waals surface area contributed by atoms with Gasteiger partial charge in [0.1, 0.15) is 0 Å². The number of hydrogen-bond donors (Lipinski definition) is 3. The lowest BCUT2D eigenvalue weighted by Gasteiger charge is -1.96. The molecule has 10 heavy (non-hydrogen) atoms. The average Bonchev–Trinajstić information content (AvgIpc) is 1.88. The topological polar surface area (TPSA) is 75.3 Å². The monoisotopic (exact) mass is 144 g/mol. The van der Waals surface area contributed by atoms with Gasteiger partial charge in [-0.15, -0.1) is 0 Å². The van der Waals surface area contributed by atoms with Crippen LogP contribution in [-0.4, -0.2) is 24.2 Å². The van der Waals surface area contributed by atoms with E-state index in [1.807, 2.05) is 0 Å². The Labute approximate surface area is 59.7 Å². The molecule has 0 aliphatic carbocycles. The lowest BCUT2D eigenvalue weighted by atomic mass is 10.3. The van der Waals surface area contributed by atoms with E-state index in [0.29, 0.717) is 12.1 Å². The quantitative estimate of drug-likeness (QED) is 0.348. The summed E-state index contributed by atoms with van der Waals surface area (Å²) in [5.41, 5.74) is 5.36. The second-order valence-electron chi connectivity index (χ2n) is 1.87. The fourth-order valence-electron chi connectivity index (χ4n) is 0.361. The zero-order chi connectivity index (χ0) is 7.98. The minimum absolute atomic E-state index is 0.0442. The van der Waals surface area contributed by atoms with Gasteiger partial charge in [-0.05, 0) is 6.92 Å². The van der Waals surface area contributed by atoms with Gasteiger partial charge in [-0.2, -0.15) is 0 Å². The molecule has 0 bridgehead atoms. The second kappa shape index (κ2) is 4.81. The van der Waals surface area contributed by atoms with Crippen LogP contribution in [-0.2, 0) is 4.79 Å². The molecule has 4 N–H and O–H groups in total. The van der Waals surface area contributed by atoms with E-state index in [-0.39, 0.29) is 6.61 Å². The Morgan fingerprint density at radius 2 is 2.40 bits per heavy atom. The van der Waals surface area contributed by atoms with Gasteiger partial charge in [-0.25, -0.2) is 0 Å². The molecule has 0 rings (SSSR count). The van der Waals surface area contributed by atoms with Crippen molar-refractivity contribution in [2.75, 3.05) is 13.2 Å². The molecular weight excluding hydrogens is 132 g/mol. The summed E-state index contributed by atoms with van der Waals surface area (Å²) < 4.78 is 0. The molecule has 4 nitrogen and oxygen atoms in total. The van der Waals surface area contributed by atoms with Gasteiger partial charge in [0.15, 0.2) is 0 Å². The summed E-state index contributed by atoms with van der Waals surface area (Å²) >= 11 is 0. The van der Waals surface area contributed by atoms with Gasteiger partial charge in [-0.3, -0.25) is 4.79 Å². The maximum absolute atomic E-state index is 10.3. The number of carbonyl (C=O) groups is 1. The molecule has 0 saturated heterocycles. The largest absolute Gasteiger partial charge is 0.395 e. The highest BCUT2D eigenvalue weighted by Crippen LogP contribution is 1.84. The number of carbonyl (C=O) groups excluding carboxylic acids is 1. The minimum Gasteiger partial charge on any atom is -0.395 e. The highest BCUT2D eigenvalue weighted by molar-refractivity contribution is 5.91. The number of nitrogens with two attached hydrogens (primary N) is 1. The number of hydrogen-bond acceptors (Lipinski definition) is 3. The summed E-state index contributed by atoms with van der Waals surface area (Å²) in [6, 6.07) is 0. The van der Waals surface area contributed by atoms with Crippen LogP contribution >= 0.6 is 0 Å². The van der Waals surface area contributed by atoms with Crippen molar-refractivity contribution in [1.29, 1.82) is 0 Å². The number of aliphatic hydroxyl groups is 1. The Bertz CT molecular complexity index is 143. The molecule has 0 aliphatic heterocycles. The van der Waals surface area contributed by atoms with Crippen LogP contribution in [0.3, 0.4) is 0 Å². The molecule has 0 fully saturated rings. The van der Waals surface area contributed by atoms with Crippen LogP contribution in [0, 0.1) is 0 Å². The van der Waals surface area contributed by atoms with Crippen LogP contribution in [0.25, 0.3) is 0 Å². The van der Waals surface area contributed by atoms with Crippen LogP contribution in [0.2, 0.25) is 0 Å². The first kappa shape index (κ1) is 8.97. The van der Waals surface area contributed by atoms with Crippen LogP contribution in [0.1, 0.15) is 6.92 Å². The van der Waals surface area contributed by atoms with E-state index in [9.17, 15) is 4.79 Å². The van der Waals surface area contributed by atoms with Crippen molar-refractivity contribution in [1.82, 2.24) is 5.32 Å². The molecule has 0 aromatic heterocycles. The van der Waals surface area contributed by atoms with Crippen molar-refractivity contribution in [2.24, 2.45) is 5.73 Å². The zero-order valence-electron chi connectivity index (χ0n) is 5.92. The molecule has 1 amide bonds. The van der Waals surface area contributed by atoms with Gasteiger partial charge in [0, 0.05) is 18.3 Å². The molecule has 0 radical (unpaired) electrons. The highest BCUT2D eigenvalue weighted by atomic mass is 16.3. The normalized spacial score (nSPS) is 11.2. The molecule has 0 atom stereocenters. The summed E-state index contributed by atoms with van der Waals surface area (Å²) in [7, 11) is 0. The van der Waals surface area contributed by atoms with E-state index in [2.05, 4.69) is 5.32 Å². The summed E-state index contributed by atoms with van der Waals surface area (Å²) in [6.45, 7) is 2.08. The molecule has 0 unspecified atom stereocenters. The molecule has 0 aliphatic rings. The van der Waals surface area contributed by atoms with Crippen molar-refractivity contribution in [3.63, 3.8) is 0 Å². The summed E-state index contributed by atoms with van der Waals surface area (Å²) in [4.78, 5) is 10.3. The molecule has 0 saturated carbocycles. The third-order valence-corrected chi connectivity index (χ3v) is 0.963. The van der Waals surface area contributed by atoms with Crippen molar-refractivity contribution in [3.05, 3.63) is 11.8 Å². The van der Waals surface area contributed by atoms with Crippen LogP contribution in [0.15, 0.2) is 11.8 Å². The molecule has 0 aromatic carbocycles. The first-order valence-electron chi connectivity index (χ1n) is 2.99. The fourth-order valence-corrected chi connectivity index (χ4v) is 0.361. The van der Waals surface area contributed by atoms with Gasteiger partial charge in [-0.1, -0.05) is 0 Å². The first-order chi connectivity index (χ1) is 4.68. The van der Waals surface area contributed by atoms with E-state index in [4.69, 9.17) is 10.8 Å². The first-order valence-corrected chi connectivity index (χ1v) is 2.99. The third kappa shape index (κ3) is 3.91. The molecular formula is C6H12N2O2. The van der Waals surface area contributed by atoms with Crippen molar-refractivity contribution in [3.8, 4) is 0 Å². The van der Waals surface area contributed by atoms with Gasteiger partial charge in [0.25, 0.3) is 0 Å². The smallest absolute Gasteiger partial charge is 0.245 e. The Morgan fingerprint density at radius 1 is 1.80 bits per heavy atom. The van der Waals surface area contributed by atoms with Crippen molar-refractivity contribution < 1.29 is 9.90 Å². The van der Waals surface area contributed by atoms with Crippen LogP contribution in [0.4, 0.5) is 0 Å². The van der Waals surface area contributed by atoms with E-state index < -0.39 is 5.91 Å². The maximum Gasteiger partial charge on any atom is 0.245 e. The molecule has 4 heteroatoms. The highest BCUT2D eigenvalue weighted by Gasteiger charge is 1.93. The van der Waals surface area contributed by atoms with E-state index in [1.54, 1.807) is 6.92 Å². The number of rotatable bonds is 4. The SMILES string of the molecule is CC(=CNCCO)C(N)=O. The van der Waals surface area contributed by atoms with Crippen LogP contribution < -0.4 is 11.1 Å². The molecule has 0 heterocycles. The maximum atomic E-state index is 10.3. The molecule has 0 aromatic rings. The second-order valence-corrected chi connectivity index (χ2v) is 1.87. The predicted octanol–water partition coefficient (Wildman–Crippen LogP) is -1.04. The average molecular weight is 144 g/mol. The number of aliphatic hydroxyl groups excluding tert-OH is 1. The Morgan fingerprint density at radius 3 is 2.80 bits per heavy atom. The number of nitrogens with one attached hydrogen (secondary N) is 1. The van der Waals surface area contributed by atoms with Gasteiger partial charge in [0.2, 0.25) is 5.91 Å². The third-order valence-electron chi connectivity index (χ3n) is 0.963. The summed E-state index contributed by atoms with van der Waals surface area (Å²) in [5.74, 6) is -0.453. The number of amides is 1. The van der Waals surface area contributed by atoms with E-state index in [0.717, 1.165) is 0 Å². The Balaban J connectivity index is 3.58. The van der Waals surface area contributed by atoms with E-state index >= 15 is 0 Å². The molecule has 0 spiro atoms. The lowest BCUT2D eigenvalue weighted by Crippen LogP contribution is -2.17. The lowest BCUT2D eigenvalue weighted by molar-refractivity contribution is -0.114. The Kier molecular flexibility index (Phi) is 4.32. The number of primary amides is 1. The molecule has 58 valence electrons. The van der Waals surface area contributed by atoms with Crippen molar-refractivity contribution >= 4 is 5.91 Å². The summed E-state index contributed by atoms with van der Waals surface area (Å²) in [6.07, 6.45) is 1.48. The Hall–Kier alpha value is -1.03. The zero-order valence-corrected chi connectivity index (χ0v) is 5.92. The van der Waals surface area contributed by atoms with Gasteiger partial charge >= 0.3 is 0 Å². The standard InChI is InChI=1S/C6H12N2O2/c1-5(6(7)10)4-8-2-3-9/h4,8-9H,2-3H2,1H3,(H2,7,10). The van der Waals surface area contributed by atoms with Gasteiger partial charge < -0.3 is 16.2 Å².